The number of halogens is 1. The topological polar surface area (TPSA) is 76.1 Å². The largest absolute Gasteiger partial charge is 0.507 e. The Hall–Kier alpha value is -2.83. The van der Waals surface area contributed by atoms with Gasteiger partial charge in [0.05, 0.1) is 18.2 Å². The number of amides is 1. The maximum atomic E-state index is 13.0. The van der Waals surface area contributed by atoms with Crippen molar-refractivity contribution in [3.63, 3.8) is 0 Å². The van der Waals surface area contributed by atoms with Crippen molar-refractivity contribution in [2.45, 2.75) is 32.2 Å². The molecule has 1 aliphatic rings. The third-order valence-electron chi connectivity index (χ3n) is 5.33. The smallest absolute Gasteiger partial charge is 0.295 e. The fraction of sp³-hybridized carbons (Fsp3) is 0.360. The first-order valence-corrected chi connectivity index (χ1v) is 11.1. The van der Waals surface area contributed by atoms with Crippen LogP contribution in [0.1, 0.15) is 43.4 Å². The van der Waals surface area contributed by atoms with E-state index in [9.17, 15) is 14.7 Å². The van der Waals surface area contributed by atoms with Gasteiger partial charge in [0.25, 0.3) is 11.7 Å². The van der Waals surface area contributed by atoms with Crippen molar-refractivity contribution in [1.29, 1.82) is 0 Å². The molecule has 1 saturated heterocycles. The van der Waals surface area contributed by atoms with Crippen LogP contribution in [0.3, 0.4) is 0 Å². The zero-order valence-electron chi connectivity index (χ0n) is 18.3. The first kappa shape index (κ1) is 23.8. The van der Waals surface area contributed by atoms with Crippen molar-refractivity contribution < 1.29 is 24.2 Å². The van der Waals surface area contributed by atoms with Gasteiger partial charge in [-0.15, -0.1) is 0 Å². The molecule has 0 aromatic heterocycles. The number of rotatable bonds is 10. The standard InChI is InChI=1S/C25H28ClNO5/c1-3-4-14-32-20-11-6-9-18(16-20)23(28)21-22(17-8-5-10-19(26)15-17)27(12-7-13-31-2)25(30)24(21)29/h5-6,8-11,15-16,22,28H,3-4,7,12-14H2,1-2H3/b23-21+. The molecule has 0 saturated carbocycles. The number of carbonyl (C=O) groups is 2. The fourth-order valence-electron chi connectivity index (χ4n) is 3.74. The van der Waals surface area contributed by atoms with Crippen molar-refractivity contribution in [3.8, 4) is 5.75 Å². The number of nitrogens with zero attached hydrogens (tertiary/aromatic N) is 1. The average Bonchev–Trinajstić information content (AvgIpc) is 3.04. The summed E-state index contributed by atoms with van der Waals surface area (Å²) in [4.78, 5) is 27.4. The summed E-state index contributed by atoms with van der Waals surface area (Å²) in [5.41, 5.74) is 1.12. The Morgan fingerprint density at radius 2 is 1.88 bits per heavy atom. The number of unbranched alkanes of at least 4 members (excludes halogenated alkanes) is 1. The molecule has 2 aromatic carbocycles. The number of ether oxygens (including phenoxy) is 2. The molecule has 6 nitrogen and oxygen atoms in total. The van der Waals surface area contributed by atoms with E-state index in [1.807, 2.05) is 0 Å². The molecule has 1 fully saturated rings. The minimum atomic E-state index is -0.741. The fourth-order valence-corrected chi connectivity index (χ4v) is 3.93. The summed E-state index contributed by atoms with van der Waals surface area (Å²) >= 11 is 6.19. The third kappa shape index (κ3) is 5.31. The molecular weight excluding hydrogens is 430 g/mol. The van der Waals surface area contributed by atoms with E-state index in [0.29, 0.717) is 48.1 Å². The van der Waals surface area contributed by atoms with Crippen molar-refractivity contribution in [2.24, 2.45) is 0 Å². The SMILES string of the molecule is CCCCOc1cccc(/C(O)=C2\C(=O)C(=O)N(CCCOC)C2c2cccc(Cl)c2)c1. The molecule has 3 rings (SSSR count). The van der Waals surface area contributed by atoms with Gasteiger partial charge in [-0.2, -0.15) is 0 Å². The lowest BCUT2D eigenvalue weighted by Crippen LogP contribution is -2.31. The van der Waals surface area contributed by atoms with Crippen molar-refractivity contribution in [2.75, 3.05) is 26.9 Å². The van der Waals surface area contributed by atoms with Gasteiger partial charge in [0, 0.05) is 30.8 Å². The molecule has 32 heavy (non-hydrogen) atoms. The van der Waals surface area contributed by atoms with Crippen LogP contribution in [0.15, 0.2) is 54.1 Å². The summed E-state index contributed by atoms with van der Waals surface area (Å²) in [6.45, 7) is 3.40. The molecule has 1 unspecified atom stereocenters. The predicted molar refractivity (Wildman–Crippen MR) is 124 cm³/mol. The van der Waals surface area contributed by atoms with Gasteiger partial charge in [-0.1, -0.05) is 49.2 Å². The van der Waals surface area contributed by atoms with E-state index in [1.165, 1.54) is 4.90 Å². The molecule has 170 valence electrons. The van der Waals surface area contributed by atoms with E-state index < -0.39 is 17.7 Å². The number of likely N-dealkylation sites (tertiary alicyclic amines) is 1. The highest BCUT2D eigenvalue weighted by atomic mass is 35.5. The second-order valence-corrected chi connectivity index (χ2v) is 8.06. The monoisotopic (exact) mass is 457 g/mol. The highest BCUT2D eigenvalue weighted by Gasteiger charge is 2.45. The molecular formula is C25H28ClNO5. The number of hydrogen-bond donors (Lipinski definition) is 1. The number of ketones is 1. The lowest BCUT2D eigenvalue weighted by atomic mass is 9.95. The number of benzene rings is 2. The van der Waals surface area contributed by atoms with Crippen LogP contribution in [-0.2, 0) is 14.3 Å². The van der Waals surface area contributed by atoms with Crippen LogP contribution < -0.4 is 4.74 Å². The molecule has 1 N–H and O–H groups in total. The quantitative estimate of drug-likeness (QED) is 0.236. The van der Waals surface area contributed by atoms with Gasteiger partial charge in [0.1, 0.15) is 11.5 Å². The lowest BCUT2D eigenvalue weighted by Gasteiger charge is -2.25. The predicted octanol–water partition coefficient (Wildman–Crippen LogP) is 4.98. The Bertz CT molecular complexity index is 1000. The summed E-state index contributed by atoms with van der Waals surface area (Å²) in [6, 6.07) is 13.2. The molecule has 0 bridgehead atoms. The molecule has 0 spiro atoms. The van der Waals surface area contributed by atoms with Crippen molar-refractivity contribution in [1.82, 2.24) is 4.90 Å². The van der Waals surface area contributed by atoms with E-state index in [0.717, 1.165) is 12.8 Å². The maximum Gasteiger partial charge on any atom is 0.295 e. The van der Waals surface area contributed by atoms with Crippen LogP contribution in [0.2, 0.25) is 5.02 Å². The first-order chi connectivity index (χ1) is 15.5. The molecule has 7 heteroatoms. The number of aliphatic hydroxyl groups excluding tert-OH is 1. The van der Waals surface area contributed by atoms with Gasteiger partial charge in [0.15, 0.2) is 0 Å². The zero-order valence-corrected chi connectivity index (χ0v) is 19.1. The third-order valence-corrected chi connectivity index (χ3v) is 5.56. The average molecular weight is 458 g/mol. The number of carbonyl (C=O) groups excluding carboxylic acids is 2. The summed E-state index contributed by atoms with van der Waals surface area (Å²) < 4.78 is 10.8. The highest BCUT2D eigenvalue weighted by Crippen LogP contribution is 2.40. The van der Waals surface area contributed by atoms with Crippen LogP contribution >= 0.6 is 11.6 Å². The zero-order chi connectivity index (χ0) is 23.1. The maximum absolute atomic E-state index is 13.0. The van der Waals surface area contributed by atoms with E-state index in [1.54, 1.807) is 55.6 Å². The minimum absolute atomic E-state index is 0.0420. The molecule has 1 atom stereocenters. The number of aliphatic hydroxyl groups is 1. The lowest BCUT2D eigenvalue weighted by molar-refractivity contribution is -0.140. The first-order valence-electron chi connectivity index (χ1n) is 10.7. The second kappa shape index (κ2) is 11.2. The Balaban J connectivity index is 2.04. The van der Waals surface area contributed by atoms with E-state index in [4.69, 9.17) is 21.1 Å². The van der Waals surface area contributed by atoms with Gasteiger partial charge >= 0.3 is 0 Å². The van der Waals surface area contributed by atoms with Crippen molar-refractivity contribution >= 4 is 29.1 Å². The van der Waals surface area contributed by atoms with Crippen LogP contribution in [-0.4, -0.2) is 48.6 Å². The number of hydrogen-bond acceptors (Lipinski definition) is 5. The highest BCUT2D eigenvalue weighted by molar-refractivity contribution is 6.46. The summed E-state index contributed by atoms with van der Waals surface area (Å²) in [6.07, 6.45) is 2.48. The summed E-state index contributed by atoms with van der Waals surface area (Å²) in [7, 11) is 1.58. The van der Waals surface area contributed by atoms with Gasteiger partial charge in [-0.3, -0.25) is 9.59 Å². The van der Waals surface area contributed by atoms with Gasteiger partial charge in [-0.05, 0) is 42.7 Å². The van der Waals surface area contributed by atoms with Crippen molar-refractivity contribution in [3.05, 3.63) is 70.3 Å². The van der Waals surface area contributed by atoms with Crippen LogP contribution in [0.25, 0.3) is 5.76 Å². The molecule has 0 radical (unpaired) electrons. The van der Waals surface area contributed by atoms with Gasteiger partial charge < -0.3 is 19.5 Å². The Labute approximate surface area is 193 Å². The summed E-state index contributed by atoms with van der Waals surface area (Å²) in [5, 5.41) is 11.6. The van der Waals surface area contributed by atoms with Crippen LogP contribution in [0.5, 0.6) is 5.75 Å². The molecule has 0 aliphatic carbocycles. The summed E-state index contributed by atoms with van der Waals surface area (Å²) in [5.74, 6) is -1.01. The van der Waals surface area contributed by atoms with Gasteiger partial charge in [0.2, 0.25) is 0 Å². The normalized spacial score (nSPS) is 17.7. The van der Waals surface area contributed by atoms with Gasteiger partial charge in [-0.25, -0.2) is 0 Å². The van der Waals surface area contributed by atoms with E-state index in [2.05, 4.69) is 6.92 Å². The molecule has 1 heterocycles. The molecule has 1 aliphatic heterocycles. The van der Waals surface area contributed by atoms with Crippen LogP contribution in [0, 0.1) is 0 Å². The Morgan fingerprint density at radius 3 is 2.59 bits per heavy atom. The molecule has 2 aromatic rings. The Kier molecular flexibility index (Phi) is 8.31. The van der Waals surface area contributed by atoms with E-state index >= 15 is 0 Å². The van der Waals surface area contributed by atoms with E-state index in [-0.39, 0.29) is 11.3 Å². The molecule has 1 amide bonds. The van der Waals surface area contributed by atoms with Crippen LogP contribution in [0.4, 0.5) is 0 Å². The number of methoxy groups -OCH3 is 1. The second-order valence-electron chi connectivity index (χ2n) is 7.62. The minimum Gasteiger partial charge on any atom is -0.507 e. The Morgan fingerprint density at radius 1 is 1.09 bits per heavy atom. The number of Topliss-reactive ketones (excluding diaryl/α,β-unsaturated/α-hetero) is 1.